The van der Waals surface area contributed by atoms with Crippen LogP contribution in [0.3, 0.4) is 0 Å². The number of aryl methyl sites for hydroxylation is 1. The Kier molecular flexibility index (Phi) is 2.66. The number of imidazole rings is 1. The zero-order chi connectivity index (χ0) is 15.3. The van der Waals surface area contributed by atoms with Crippen molar-refractivity contribution in [1.82, 2.24) is 19.3 Å². The van der Waals surface area contributed by atoms with Crippen LogP contribution in [0.2, 0.25) is 0 Å². The minimum absolute atomic E-state index is 0.163. The van der Waals surface area contributed by atoms with E-state index in [2.05, 4.69) is 36.1 Å². The summed E-state index contributed by atoms with van der Waals surface area (Å²) in [5, 5.41) is 4.39. The third-order valence-electron chi connectivity index (χ3n) is 3.99. The summed E-state index contributed by atoms with van der Waals surface area (Å²) in [7, 11) is 1.99. The van der Waals surface area contributed by atoms with Gasteiger partial charge in [-0.2, -0.15) is 5.10 Å². The van der Waals surface area contributed by atoms with Crippen LogP contribution in [0.4, 0.5) is 0 Å². The molecule has 0 aliphatic carbocycles. The molecule has 3 aromatic rings. The number of hydrogen-bond donors (Lipinski definition) is 0. The number of rotatable bonds is 2. The van der Waals surface area contributed by atoms with Crippen molar-refractivity contribution in [2.45, 2.75) is 25.9 Å². The minimum atomic E-state index is -0.163. The molecule has 1 aliphatic rings. The topological polar surface area (TPSA) is 44.9 Å². The molecule has 0 spiro atoms. The Morgan fingerprint density at radius 3 is 2.73 bits per heavy atom. The summed E-state index contributed by atoms with van der Waals surface area (Å²) in [6.45, 7) is 4.22. The number of ether oxygens (including phenoxy) is 1. The van der Waals surface area contributed by atoms with Gasteiger partial charge in [0, 0.05) is 49.4 Å². The predicted octanol–water partition coefficient (Wildman–Crippen LogP) is 2.99. The van der Waals surface area contributed by atoms with E-state index in [4.69, 9.17) is 4.74 Å². The highest BCUT2D eigenvalue weighted by Gasteiger charge is 2.31. The maximum Gasteiger partial charge on any atom is 0.141 e. The van der Waals surface area contributed by atoms with Crippen molar-refractivity contribution in [2.24, 2.45) is 7.05 Å². The SMILES string of the molecule is Cn1ccnc1-c1cc2c(cc1-n1cccn1)CC(C)(C)O2. The van der Waals surface area contributed by atoms with E-state index in [0.29, 0.717) is 0 Å². The molecule has 1 aliphatic heterocycles. The summed E-state index contributed by atoms with van der Waals surface area (Å²) in [4.78, 5) is 4.48. The monoisotopic (exact) mass is 294 g/mol. The number of nitrogens with zero attached hydrogens (tertiary/aromatic N) is 4. The Morgan fingerprint density at radius 2 is 2.05 bits per heavy atom. The number of aromatic nitrogens is 4. The molecule has 22 heavy (non-hydrogen) atoms. The highest BCUT2D eigenvalue weighted by Crippen LogP contribution is 2.40. The van der Waals surface area contributed by atoms with Crippen LogP contribution in [-0.2, 0) is 13.5 Å². The quantitative estimate of drug-likeness (QED) is 0.730. The van der Waals surface area contributed by atoms with Gasteiger partial charge in [-0.1, -0.05) is 0 Å². The molecule has 0 radical (unpaired) electrons. The third-order valence-corrected chi connectivity index (χ3v) is 3.99. The zero-order valence-electron chi connectivity index (χ0n) is 12.9. The van der Waals surface area contributed by atoms with E-state index in [1.165, 1.54) is 5.56 Å². The van der Waals surface area contributed by atoms with Gasteiger partial charge < -0.3 is 9.30 Å². The largest absolute Gasteiger partial charge is 0.487 e. The van der Waals surface area contributed by atoms with Crippen molar-refractivity contribution < 1.29 is 4.74 Å². The molecular formula is C17H18N4O. The van der Waals surface area contributed by atoms with E-state index in [1.54, 1.807) is 12.4 Å². The molecule has 3 heterocycles. The molecule has 2 aromatic heterocycles. The van der Waals surface area contributed by atoms with E-state index in [9.17, 15) is 0 Å². The Labute approximate surface area is 129 Å². The van der Waals surface area contributed by atoms with Gasteiger partial charge in [0.1, 0.15) is 17.2 Å². The number of hydrogen-bond acceptors (Lipinski definition) is 3. The van der Waals surface area contributed by atoms with Gasteiger partial charge in [-0.05, 0) is 32.0 Å². The number of fused-ring (bicyclic) bond motifs is 1. The molecule has 1 aromatic carbocycles. The summed E-state index contributed by atoms with van der Waals surface area (Å²) < 4.78 is 9.97. The second-order valence-corrected chi connectivity index (χ2v) is 6.33. The van der Waals surface area contributed by atoms with Crippen LogP contribution in [0.1, 0.15) is 19.4 Å². The first-order valence-electron chi connectivity index (χ1n) is 7.37. The van der Waals surface area contributed by atoms with Crippen LogP contribution in [0.15, 0.2) is 43.0 Å². The fraction of sp³-hybridized carbons (Fsp3) is 0.294. The van der Waals surface area contributed by atoms with Crippen LogP contribution < -0.4 is 4.74 Å². The first-order valence-corrected chi connectivity index (χ1v) is 7.37. The highest BCUT2D eigenvalue weighted by molar-refractivity contribution is 5.72. The zero-order valence-corrected chi connectivity index (χ0v) is 12.9. The summed E-state index contributed by atoms with van der Waals surface area (Å²) in [6, 6.07) is 6.18. The van der Waals surface area contributed by atoms with Crippen LogP contribution >= 0.6 is 0 Å². The highest BCUT2D eigenvalue weighted by atomic mass is 16.5. The lowest BCUT2D eigenvalue weighted by Crippen LogP contribution is -2.24. The van der Waals surface area contributed by atoms with Gasteiger partial charge in [-0.15, -0.1) is 0 Å². The average molecular weight is 294 g/mol. The van der Waals surface area contributed by atoms with Crippen molar-refractivity contribution in [1.29, 1.82) is 0 Å². The van der Waals surface area contributed by atoms with E-state index in [0.717, 1.165) is 29.2 Å². The van der Waals surface area contributed by atoms with E-state index in [1.807, 2.05) is 34.8 Å². The molecule has 5 nitrogen and oxygen atoms in total. The van der Waals surface area contributed by atoms with E-state index in [-0.39, 0.29) is 5.60 Å². The number of benzene rings is 1. The summed E-state index contributed by atoms with van der Waals surface area (Å²) >= 11 is 0. The van der Waals surface area contributed by atoms with Crippen molar-refractivity contribution in [3.05, 3.63) is 48.5 Å². The standard InChI is InChI=1S/C17H18N4O/c1-17(2)11-12-9-14(21-7-4-5-19-21)13(10-15(12)22-17)16-18-6-8-20(16)3/h4-10H,11H2,1-3H3. The average Bonchev–Trinajstić information content (AvgIpc) is 3.14. The molecule has 5 heteroatoms. The summed E-state index contributed by atoms with van der Waals surface area (Å²) in [5.41, 5.74) is 3.10. The molecule has 0 saturated heterocycles. The fourth-order valence-corrected chi connectivity index (χ4v) is 3.04. The van der Waals surface area contributed by atoms with Crippen LogP contribution in [0.25, 0.3) is 17.1 Å². The maximum absolute atomic E-state index is 6.08. The molecule has 0 N–H and O–H groups in total. The van der Waals surface area contributed by atoms with Gasteiger partial charge in [0.2, 0.25) is 0 Å². The van der Waals surface area contributed by atoms with Gasteiger partial charge in [0.25, 0.3) is 0 Å². The van der Waals surface area contributed by atoms with Crippen molar-refractivity contribution in [2.75, 3.05) is 0 Å². The molecule has 0 amide bonds. The molecule has 0 saturated carbocycles. The van der Waals surface area contributed by atoms with Gasteiger partial charge >= 0.3 is 0 Å². The molecular weight excluding hydrogens is 276 g/mol. The smallest absolute Gasteiger partial charge is 0.141 e. The minimum Gasteiger partial charge on any atom is -0.487 e. The predicted molar refractivity (Wildman–Crippen MR) is 84.2 cm³/mol. The Hall–Kier alpha value is -2.56. The van der Waals surface area contributed by atoms with E-state index >= 15 is 0 Å². The van der Waals surface area contributed by atoms with Gasteiger partial charge in [-0.3, -0.25) is 0 Å². The van der Waals surface area contributed by atoms with Crippen molar-refractivity contribution >= 4 is 0 Å². The summed E-state index contributed by atoms with van der Waals surface area (Å²) in [6.07, 6.45) is 8.39. The van der Waals surface area contributed by atoms with Gasteiger partial charge in [-0.25, -0.2) is 9.67 Å². The molecule has 0 fully saturated rings. The lowest BCUT2D eigenvalue weighted by Gasteiger charge is -2.17. The molecule has 0 atom stereocenters. The van der Waals surface area contributed by atoms with Crippen LogP contribution in [0.5, 0.6) is 5.75 Å². The third kappa shape index (κ3) is 2.01. The van der Waals surface area contributed by atoms with Gasteiger partial charge in [0.05, 0.1) is 5.69 Å². The Bertz CT molecular complexity index is 830. The van der Waals surface area contributed by atoms with E-state index < -0.39 is 0 Å². The second-order valence-electron chi connectivity index (χ2n) is 6.33. The fourth-order valence-electron chi connectivity index (χ4n) is 3.04. The summed E-state index contributed by atoms with van der Waals surface area (Å²) in [5.74, 6) is 1.85. The normalized spacial score (nSPS) is 15.6. The van der Waals surface area contributed by atoms with Gasteiger partial charge in [0.15, 0.2) is 0 Å². The Morgan fingerprint density at radius 1 is 1.18 bits per heavy atom. The first-order chi connectivity index (χ1) is 10.5. The molecule has 0 unspecified atom stereocenters. The van der Waals surface area contributed by atoms with Crippen molar-refractivity contribution in [3.8, 4) is 22.8 Å². The first kappa shape index (κ1) is 13.1. The maximum atomic E-state index is 6.08. The van der Waals surface area contributed by atoms with Crippen LogP contribution in [-0.4, -0.2) is 24.9 Å². The lowest BCUT2D eigenvalue weighted by molar-refractivity contribution is 0.138. The second kappa shape index (κ2) is 4.47. The molecule has 0 bridgehead atoms. The van der Waals surface area contributed by atoms with Crippen LogP contribution in [0, 0.1) is 0 Å². The molecule has 4 rings (SSSR count). The molecule has 112 valence electrons. The van der Waals surface area contributed by atoms with Crippen molar-refractivity contribution in [3.63, 3.8) is 0 Å². The lowest BCUT2D eigenvalue weighted by atomic mass is 9.99. The Balaban J connectivity index is 1.95.